The van der Waals surface area contributed by atoms with Gasteiger partial charge in [0.2, 0.25) is 15.9 Å². The van der Waals surface area contributed by atoms with Gasteiger partial charge in [-0.2, -0.15) is 0 Å². The Balaban J connectivity index is 2.73. The number of carbonyl (C=O) groups excluding carboxylic acids is 1. The predicted octanol–water partition coefficient (Wildman–Crippen LogP) is 0.447. The van der Waals surface area contributed by atoms with Crippen LogP contribution in [-0.2, 0) is 14.8 Å². The van der Waals surface area contributed by atoms with Crippen LogP contribution in [0, 0.1) is 0 Å². The fraction of sp³-hybridized carbons (Fsp3) is 0.500. The fourth-order valence-electron chi connectivity index (χ4n) is 1.53. The van der Waals surface area contributed by atoms with Crippen LogP contribution < -0.4 is 15.8 Å². The summed E-state index contributed by atoms with van der Waals surface area (Å²) in [6.45, 7) is 2.78. The number of nitrogens with zero attached hydrogens (tertiary/aromatic N) is 1. The molecule has 8 heteroatoms. The van der Waals surface area contributed by atoms with E-state index in [0.29, 0.717) is 18.8 Å². The number of anilines is 1. The lowest BCUT2D eigenvalue weighted by atomic mass is 10.3. The number of rotatable bonds is 9. The van der Waals surface area contributed by atoms with Gasteiger partial charge in [-0.25, -0.2) is 18.1 Å². The van der Waals surface area contributed by atoms with Crippen molar-refractivity contribution in [2.24, 2.45) is 5.73 Å². The monoisotopic (exact) mass is 300 g/mol. The minimum absolute atomic E-state index is 0.104. The van der Waals surface area contributed by atoms with Gasteiger partial charge in [-0.05, 0) is 25.0 Å². The van der Waals surface area contributed by atoms with Crippen molar-refractivity contribution in [1.82, 2.24) is 9.71 Å². The van der Waals surface area contributed by atoms with Crippen LogP contribution in [0.25, 0.3) is 0 Å². The van der Waals surface area contributed by atoms with Crippen molar-refractivity contribution in [2.45, 2.75) is 31.1 Å². The fourth-order valence-corrected chi connectivity index (χ4v) is 2.74. The van der Waals surface area contributed by atoms with Gasteiger partial charge in [0.25, 0.3) is 0 Å². The first kappa shape index (κ1) is 16.4. The van der Waals surface area contributed by atoms with Gasteiger partial charge < -0.3 is 11.1 Å². The molecule has 1 amide bonds. The lowest BCUT2D eigenvalue weighted by Crippen LogP contribution is -2.27. The van der Waals surface area contributed by atoms with Crippen LogP contribution >= 0.6 is 0 Å². The zero-order chi connectivity index (χ0) is 15.0. The van der Waals surface area contributed by atoms with Gasteiger partial charge in [0, 0.05) is 25.7 Å². The van der Waals surface area contributed by atoms with Crippen molar-refractivity contribution in [3.05, 3.63) is 18.3 Å². The molecule has 0 radical (unpaired) electrons. The molecular formula is C12H20N4O3S. The second-order valence-electron chi connectivity index (χ2n) is 4.24. The van der Waals surface area contributed by atoms with E-state index in [1.165, 1.54) is 12.3 Å². The van der Waals surface area contributed by atoms with Gasteiger partial charge in [-0.1, -0.05) is 6.92 Å². The van der Waals surface area contributed by atoms with Gasteiger partial charge in [-0.15, -0.1) is 0 Å². The maximum atomic E-state index is 12.2. The van der Waals surface area contributed by atoms with Gasteiger partial charge in [0.05, 0.1) is 0 Å². The van der Waals surface area contributed by atoms with Crippen LogP contribution in [0.4, 0.5) is 5.82 Å². The number of sulfonamides is 1. The van der Waals surface area contributed by atoms with E-state index in [9.17, 15) is 13.2 Å². The molecule has 0 aliphatic carbocycles. The minimum atomic E-state index is -3.65. The molecule has 0 aromatic carbocycles. The molecule has 0 aliphatic heterocycles. The summed E-state index contributed by atoms with van der Waals surface area (Å²) in [5.41, 5.74) is 5.00. The summed E-state index contributed by atoms with van der Waals surface area (Å²) in [7, 11) is -3.65. The number of amides is 1. The topological polar surface area (TPSA) is 114 Å². The molecule has 20 heavy (non-hydrogen) atoms. The minimum Gasteiger partial charge on any atom is -0.370 e. The third-order valence-corrected chi connectivity index (χ3v) is 3.99. The summed E-state index contributed by atoms with van der Waals surface area (Å²) in [4.78, 5) is 14.7. The van der Waals surface area contributed by atoms with Crippen molar-refractivity contribution in [3.8, 4) is 0 Å². The second kappa shape index (κ2) is 7.81. The summed E-state index contributed by atoms with van der Waals surface area (Å²) >= 11 is 0. The highest BCUT2D eigenvalue weighted by atomic mass is 32.2. The maximum absolute atomic E-state index is 12.2. The van der Waals surface area contributed by atoms with Crippen molar-refractivity contribution >= 4 is 21.7 Å². The molecular weight excluding hydrogens is 280 g/mol. The molecule has 0 saturated heterocycles. The summed E-state index contributed by atoms with van der Waals surface area (Å²) in [6, 6.07) is 3.05. The lowest BCUT2D eigenvalue weighted by molar-refractivity contribution is -0.118. The highest BCUT2D eigenvalue weighted by molar-refractivity contribution is 7.89. The Morgan fingerprint density at radius 1 is 1.40 bits per heavy atom. The van der Waals surface area contributed by atoms with E-state index in [4.69, 9.17) is 5.73 Å². The number of primary amides is 1. The van der Waals surface area contributed by atoms with Crippen LogP contribution in [0.5, 0.6) is 0 Å². The third kappa shape index (κ3) is 5.14. The third-order valence-electron chi connectivity index (χ3n) is 2.49. The molecule has 112 valence electrons. The van der Waals surface area contributed by atoms with E-state index < -0.39 is 15.9 Å². The first-order chi connectivity index (χ1) is 9.47. The number of aromatic nitrogens is 1. The molecule has 1 heterocycles. The first-order valence-corrected chi connectivity index (χ1v) is 7.92. The van der Waals surface area contributed by atoms with Crippen molar-refractivity contribution in [2.75, 3.05) is 18.4 Å². The number of hydrogen-bond acceptors (Lipinski definition) is 5. The van der Waals surface area contributed by atoms with Gasteiger partial charge in [0.1, 0.15) is 10.7 Å². The van der Waals surface area contributed by atoms with Gasteiger partial charge in [0.15, 0.2) is 0 Å². The van der Waals surface area contributed by atoms with Crippen molar-refractivity contribution in [1.29, 1.82) is 0 Å². The normalized spacial score (nSPS) is 11.2. The largest absolute Gasteiger partial charge is 0.370 e. The van der Waals surface area contributed by atoms with E-state index in [1.807, 2.05) is 6.92 Å². The van der Waals surface area contributed by atoms with Crippen LogP contribution in [0.1, 0.15) is 26.2 Å². The molecule has 7 nitrogen and oxygen atoms in total. The van der Waals surface area contributed by atoms with Crippen molar-refractivity contribution in [3.63, 3.8) is 0 Å². The molecule has 4 N–H and O–H groups in total. The molecule has 0 saturated carbocycles. The van der Waals surface area contributed by atoms with E-state index in [0.717, 1.165) is 6.42 Å². The quantitative estimate of drug-likeness (QED) is 0.573. The van der Waals surface area contributed by atoms with Crippen molar-refractivity contribution < 1.29 is 13.2 Å². The molecule has 0 fully saturated rings. The van der Waals surface area contributed by atoms with E-state index in [-0.39, 0.29) is 17.9 Å². The van der Waals surface area contributed by atoms with Gasteiger partial charge in [-0.3, -0.25) is 4.79 Å². The van der Waals surface area contributed by atoms with Crippen LogP contribution in [0.2, 0.25) is 0 Å². The number of hydrogen-bond donors (Lipinski definition) is 3. The Morgan fingerprint density at radius 2 is 2.15 bits per heavy atom. The zero-order valence-electron chi connectivity index (χ0n) is 11.4. The maximum Gasteiger partial charge on any atom is 0.244 e. The Hall–Kier alpha value is -1.67. The Morgan fingerprint density at radius 3 is 2.80 bits per heavy atom. The summed E-state index contributed by atoms with van der Waals surface area (Å²) < 4.78 is 26.7. The van der Waals surface area contributed by atoms with E-state index in [2.05, 4.69) is 15.0 Å². The Kier molecular flexibility index (Phi) is 6.40. The van der Waals surface area contributed by atoms with E-state index >= 15 is 0 Å². The molecule has 1 aromatic heterocycles. The molecule has 0 bridgehead atoms. The predicted molar refractivity (Wildman–Crippen MR) is 76.6 cm³/mol. The Bertz CT molecular complexity index is 545. The number of nitrogens with one attached hydrogen (secondary N) is 2. The number of nitrogens with two attached hydrogens (primary N) is 1. The molecule has 0 spiro atoms. The molecule has 0 aliphatic rings. The second-order valence-corrected chi connectivity index (χ2v) is 5.98. The summed E-state index contributed by atoms with van der Waals surface area (Å²) in [5, 5.41) is 2.97. The highest BCUT2D eigenvalue weighted by Crippen LogP contribution is 2.17. The Labute approximate surface area is 119 Å². The van der Waals surface area contributed by atoms with Crippen LogP contribution in [-0.4, -0.2) is 32.4 Å². The first-order valence-electron chi connectivity index (χ1n) is 6.44. The molecule has 1 rings (SSSR count). The highest BCUT2D eigenvalue weighted by Gasteiger charge is 2.18. The van der Waals surface area contributed by atoms with Crippen LogP contribution in [0.3, 0.4) is 0 Å². The lowest BCUT2D eigenvalue weighted by Gasteiger charge is -2.11. The zero-order valence-corrected chi connectivity index (χ0v) is 12.2. The smallest absolute Gasteiger partial charge is 0.244 e. The molecule has 1 aromatic rings. The number of pyridine rings is 1. The molecule has 0 unspecified atom stereocenters. The average Bonchev–Trinajstić information content (AvgIpc) is 2.41. The summed E-state index contributed by atoms with van der Waals surface area (Å²) in [6.07, 6.45) is 2.91. The molecule has 0 atom stereocenters. The van der Waals surface area contributed by atoms with E-state index in [1.54, 1.807) is 6.07 Å². The van der Waals surface area contributed by atoms with Gasteiger partial charge >= 0.3 is 0 Å². The SMILES string of the molecule is CCCNc1ncccc1S(=O)(=O)NCCCC(N)=O. The summed E-state index contributed by atoms with van der Waals surface area (Å²) in [5.74, 6) is -0.118. The standard InChI is InChI=1S/C12H20N4O3S/c1-2-7-14-12-10(5-3-8-15-12)20(18,19)16-9-4-6-11(13)17/h3,5,8,16H,2,4,6-7,9H2,1H3,(H2,13,17)(H,14,15). The van der Waals surface area contributed by atoms with Crippen LogP contribution in [0.15, 0.2) is 23.2 Å². The number of carbonyl (C=O) groups is 1. The average molecular weight is 300 g/mol.